The van der Waals surface area contributed by atoms with Gasteiger partial charge in [-0.2, -0.15) is 0 Å². The van der Waals surface area contributed by atoms with E-state index in [1.54, 1.807) is 34.1 Å². The average Bonchev–Trinajstić information content (AvgIpc) is 2.70. The number of carbonyl (C=O) groups excluding carboxylic acids is 2. The normalized spacial score (nSPS) is 19.1. The number of hydrogen-bond acceptors (Lipinski definition) is 3. The first-order chi connectivity index (χ1) is 13.5. The Balaban J connectivity index is 1.47. The predicted molar refractivity (Wildman–Crippen MR) is 99.0 cm³/mol. The maximum absolute atomic E-state index is 13.9. The molecule has 0 atom stereocenters. The van der Waals surface area contributed by atoms with Gasteiger partial charge in [0, 0.05) is 18.8 Å². The molecular weight excluding hydrogens is 366 g/mol. The van der Waals surface area contributed by atoms with Gasteiger partial charge in [0.1, 0.15) is 18.2 Å². The number of piperidine rings is 1. The molecule has 2 amide bonds. The van der Waals surface area contributed by atoms with Crippen molar-refractivity contribution in [1.29, 1.82) is 0 Å². The summed E-state index contributed by atoms with van der Waals surface area (Å²) in [6.07, 6.45) is 1.04. The molecule has 2 saturated heterocycles. The number of carbonyl (C=O) groups is 2. The lowest BCUT2D eigenvalue weighted by Crippen LogP contribution is -2.59. The van der Waals surface area contributed by atoms with Crippen molar-refractivity contribution >= 4 is 17.5 Å². The molecule has 0 radical (unpaired) electrons. The molecule has 2 aromatic rings. The summed E-state index contributed by atoms with van der Waals surface area (Å²) in [6.45, 7) is 1.02. The third-order valence-corrected chi connectivity index (χ3v) is 5.44. The second-order valence-corrected chi connectivity index (χ2v) is 7.20. The second kappa shape index (κ2) is 7.31. The van der Waals surface area contributed by atoms with Gasteiger partial charge in [0.05, 0.1) is 17.7 Å². The summed E-state index contributed by atoms with van der Waals surface area (Å²) in [5.74, 6) is -1.51. The Morgan fingerprint density at radius 3 is 2.50 bits per heavy atom. The number of ether oxygens (including phenoxy) is 1. The molecule has 28 heavy (non-hydrogen) atoms. The minimum absolute atomic E-state index is 0.0552. The topological polar surface area (TPSA) is 49.9 Å². The fourth-order valence-electron chi connectivity index (χ4n) is 3.82. The van der Waals surface area contributed by atoms with Crippen LogP contribution in [0, 0.1) is 11.6 Å². The lowest BCUT2D eigenvalue weighted by Gasteiger charge is -2.47. The maximum Gasteiger partial charge on any atom is 0.256 e. The number of anilines is 1. The molecule has 1 spiro atoms. The Labute approximate surface area is 161 Å². The molecule has 0 saturated carbocycles. The van der Waals surface area contributed by atoms with E-state index < -0.39 is 17.2 Å². The Bertz CT molecular complexity index is 910. The molecule has 2 aromatic carbocycles. The average molecular weight is 386 g/mol. The number of benzene rings is 2. The van der Waals surface area contributed by atoms with Gasteiger partial charge in [0.25, 0.3) is 11.8 Å². The molecule has 4 rings (SSSR count). The molecule has 2 fully saturated rings. The lowest BCUT2D eigenvalue weighted by atomic mass is 9.88. The highest BCUT2D eigenvalue weighted by atomic mass is 19.1. The van der Waals surface area contributed by atoms with Crippen LogP contribution in [-0.4, -0.2) is 48.6 Å². The van der Waals surface area contributed by atoms with E-state index in [-0.39, 0.29) is 24.0 Å². The van der Waals surface area contributed by atoms with Gasteiger partial charge < -0.3 is 14.5 Å². The first-order valence-corrected chi connectivity index (χ1v) is 9.21. The minimum atomic E-state index is -0.591. The highest BCUT2D eigenvalue weighted by Crippen LogP contribution is 2.33. The number of nitrogens with zero attached hydrogens (tertiary/aromatic N) is 2. The lowest BCUT2D eigenvalue weighted by molar-refractivity contribution is -0.143. The van der Waals surface area contributed by atoms with E-state index in [1.807, 2.05) is 0 Å². The third kappa shape index (κ3) is 3.49. The van der Waals surface area contributed by atoms with Crippen LogP contribution in [0.1, 0.15) is 23.2 Å². The smallest absolute Gasteiger partial charge is 0.256 e. The molecule has 0 aromatic heterocycles. The van der Waals surface area contributed by atoms with Crippen molar-refractivity contribution in [3.63, 3.8) is 0 Å². The molecule has 146 valence electrons. The fraction of sp³-hybridized carbons (Fsp3) is 0.333. The van der Waals surface area contributed by atoms with Crippen molar-refractivity contribution in [1.82, 2.24) is 4.90 Å². The summed E-state index contributed by atoms with van der Waals surface area (Å²) < 4.78 is 33.3. The number of halogens is 2. The Morgan fingerprint density at radius 2 is 1.79 bits per heavy atom. The Kier molecular flexibility index (Phi) is 4.85. The number of hydrogen-bond donors (Lipinski definition) is 0. The van der Waals surface area contributed by atoms with Gasteiger partial charge in [-0.15, -0.1) is 0 Å². The molecule has 0 bridgehead atoms. The molecule has 2 heterocycles. The van der Waals surface area contributed by atoms with Crippen LogP contribution in [0.25, 0.3) is 0 Å². The first kappa shape index (κ1) is 18.6. The molecular formula is C21H20F2N2O3. The van der Waals surface area contributed by atoms with Crippen molar-refractivity contribution in [3.8, 4) is 0 Å². The van der Waals surface area contributed by atoms with Gasteiger partial charge in [-0.05, 0) is 43.2 Å². The van der Waals surface area contributed by atoms with Crippen LogP contribution >= 0.6 is 0 Å². The zero-order valence-electron chi connectivity index (χ0n) is 15.2. The third-order valence-electron chi connectivity index (χ3n) is 5.44. The van der Waals surface area contributed by atoms with E-state index in [9.17, 15) is 18.4 Å². The fourth-order valence-corrected chi connectivity index (χ4v) is 3.82. The van der Waals surface area contributed by atoms with Gasteiger partial charge >= 0.3 is 0 Å². The molecule has 0 unspecified atom stereocenters. The number of rotatable bonds is 2. The van der Waals surface area contributed by atoms with Crippen LogP contribution in [0.2, 0.25) is 0 Å². The minimum Gasteiger partial charge on any atom is -0.363 e. The van der Waals surface area contributed by atoms with Crippen LogP contribution in [-0.2, 0) is 9.53 Å². The van der Waals surface area contributed by atoms with Gasteiger partial charge in [-0.3, -0.25) is 9.59 Å². The van der Waals surface area contributed by atoms with Crippen molar-refractivity contribution < 1.29 is 23.1 Å². The standard InChI is InChI=1S/C21H20F2N2O3/c22-15-4-3-5-16(12-15)25-14-21(28-13-19(25)26)8-10-24(11-9-21)20(27)17-6-1-2-7-18(17)23/h1-7,12H,8-11,13-14H2. The summed E-state index contributed by atoms with van der Waals surface area (Å²) >= 11 is 0. The van der Waals surface area contributed by atoms with E-state index in [2.05, 4.69) is 0 Å². The molecule has 0 N–H and O–H groups in total. The van der Waals surface area contributed by atoms with Crippen LogP contribution in [0.5, 0.6) is 0 Å². The molecule has 5 nitrogen and oxygen atoms in total. The quantitative estimate of drug-likeness (QED) is 0.797. The van der Waals surface area contributed by atoms with E-state index >= 15 is 0 Å². The van der Waals surface area contributed by atoms with Crippen LogP contribution in [0.15, 0.2) is 48.5 Å². The summed E-state index contributed by atoms with van der Waals surface area (Å²) in [4.78, 5) is 28.1. The number of morpholine rings is 1. The summed E-state index contributed by atoms with van der Waals surface area (Å²) in [5.41, 5.74) is -0.0381. The highest BCUT2D eigenvalue weighted by molar-refractivity contribution is 5.95. The van der Waals surface area contributed by atoms with Gasteiger partial charge in [0.2, 0.25) is 0 Å². The monoisotopic (exact) mass is 386 g/mol. The SMILES string of the molecule is O=C(c1ccccc1F)N1CCC2(CC1)CN(c1cccc(F)c1)C(=O)CO2. The van der Waals surface area contributed by atoms with Crippen molar-refractivity contribution in [2.45, 2.75) is 18.4 Å². The van der Waals surface area contributed by atoms with E-state index in [4.69, 9.17) is 4.74 Å². The zero-order valence-corrected chi connectivity index (χ0v) is 15.2. The Hall–Kier alpha value is -2.80. The molecule has 7 heteroatoms. The summed E-state index contributed by atoms with van der Waals surface area (Å²) in [7, 11) is 0. The van der Waals surface area contributed by atoms with Gasteiger partial charge in [0.15, 0.2) is 0 Å². The molecule has 0 aliphatic carbocycles. The van der Waals surface area contributed by atoms with Crippen molar-refractivity contribution in [2.75, 3.05) is 31.1 Å². The van der Waals surface area contributed by atoms with Crippen LogP contribution in [0.3, 0.4) is 0 Å². The van der Waals surface area contributed by atoms with Crippen LogP contribution in [0.4, 0.5) is 14.5 Å². The summed E-state index contributed by atoms with van der Waals surface area (Å²) in [5, 5.41) is 0. The first-order valence-electron chi connectivity index (χ1n) is 9.21. The molecule has 2 aliphatic rings. The van der Waals surface area contributed by atoms with Crippen molar-refractivity contribution in [2.24, 2.45) is 0 Å². The molecule has 2 aliphatic heterocycles. The summed E-state index contributed by atoms with van der Waals surface area (Å²) in [6, 6.07) is 11.8. The van der Waals surface area contributed by atoms with E-state index in [1.165, 1.54) is 24.3 Å². The number of likely N-dealkylation sites (tertiary alicyclic amines) is 1. The van der Waals surface area contributed by atoms with E-state index in [0.29, 0.717) is 38.2 Å². The predicted octanol–water partition coefficient (Wildman–Crippen LogP) is 3.00. The Morgan fingerprint density at radius 1 is 1.04 bits per heavy atom. The largest absolute Gasteiger partial charge is 0.363 e. The van der Waals surface area contributed by atoms with Crippen molar-refractivity contribution in [3.05, 3.63) is 65.7 Å². The second-order valence-electron chi connectivity index (χ2n) is 7.20. The number of amides is 2. The van der Waals surface area contributed by atoms with Gasteiger partial charge in [-0.25, -0.2) is 8.78 Å². The highest BCUT2D eigenvalue weighted by Gasteiger charge is 2.43. The zero-order chi connectivity index (χ0) is 19.7. The maximum atomic E-state index is 13.9. The van der Waals surface area contributed by atoms with Gasteiger partial charge in [-0.1, -0.05) is 18.2 Å². The van der Waals surface area contributed by atoms with E-state index in [0.717, 1.165) is 0 Å². The van der Waals surface area contributed by atoms with Crippen LogP contribution < -0.4 is 4.90 Å².